The number of hydrogen-bond acceptors (Lipinski definition) is 6. The fourth-order valence-corrected chi connectivity index (χ4v) is 5.36. The van der Waals surface area contributed by atoms with Crippen molar-refractivity contribution in [1.82, 2.24) is 0 Å². The Balaban J connectivity index is 1.43. The lowest BCUT2D eigenvalue weighted by molar-refractivity contribution is -0.120. The second-order valence-electron chi connectivity index (χ2n) is 8.47. The molecule has 0 radical (unpaired) electrons. The zero-order valence-corrected chi connectivity index (χ0v) is 21.8. The monoisotopic (exact) mass is 525 g/mol. The molecule has 2 N–H and O–H groups in total. The summed E-state index contributed by atoms with van der Waals surface area (Å²) < 4.78 is 0. The number of para-hydroxylation sites is 1. The van der Waals surface area contributed by atoms with Crippen LogP contribution in [0, 0.1) is 13.8 Å². The molecule has 3 amide bonds. The zero-order chi connectivity index (χ0) is 25.9. The van der Waals surface area contributed by atoms with Crippen LogP contribution >= 0.6 is 23.1 Å². The van der Waals surface area contributed by atoms with Crippen LogP contribution in [0.1, 0.15) is 20.8 Å². The van der Waals surface area contributed by atoms with Crippen LogP contribution in [0.3, 0.4) is 0 Å². The van der Waals surface area contributed by atoms with E-state index >= 15 is 0 Å². The van der Waals surface area contributed by atoms with Crippen LogP contribution in [0.25, 0.3) is 0 Å². The minimum atomic E-state index is -0.406. The van der Waals surface area contributed by atoms with Gasteiger partial charge in [-0.3, -0.25) is 14.4 Å². The van der Waals surface area contributed by atoms with Gasteiger partial charge in [0.05, 0.1) is 10.6 Å². The van der Waals surface area contributed by atoms with Crippen molar-refractivity contribution in [1.29, 1.82) is 0 Å². The molecule has 8 heteroatoms. The maximum atomic E-state index is 13.5. The van der Waals surface area contributed by atoms with E-state index in [1.165, 1.54) is 28.0 Å². The van der Waals surface area contributed by atoms with Crippen LogP contribution in [0.5, 0.6) is 0 Å². The topological polar surface area (TPSA) is 78.5 Å². The second kappa shape index (κ2) is 10.5. The number of amides is 3. The van der Waals surface area contributed by atoms with E-state index in [2.05, 4.69) is 10.6 Å². The first-order valence-corrected chi connectivity index (χ1v) is 13.3. The van der Waals surface area contributed by atoms with E-state index in [1.807, 2.05) is 61.7 Å². The van der Waals surface area contributed by atoms with E-state index in [0.29, 0.717) is 21.2 Å². The first kappa shape index (κ1) is 24.5. The van der Waals surface area contributed by atoms with Gasteiger partial charge in [0.25, 0.3) is 17.7 Å². The normalized spacial score (nSPS) is 13.3. The molecule has 0 spiro atoms. The highest BCUT2D eigenvalue weighted by Gasteiger charge is 2.40. The molecule has 1 aromatic heterocycles. The summed E-state index contributed by atoms with van der Waals surface area (Å²) in [5.74, 6) is -0.965. The number of carbonyl (C=O) groups excluding carboxylic acids is 3. The Morgan fingerprint density at radius 3 is 2.22 bits per heavy atom. The number of thioether (sulfide) groups is 1. The molecule has 184 valence electrons. The van der Waals surface area contributed by atoms with Crippen LogP contribution in [0.15, 0.2) is 106 Å². The third kappa shape index (κ3) is 5.21. The summed E-state index contributed by atoms with van der Waals surface area (Å²) in [7, 11) is 0. The Labute approximate surface area is 223 Å². The predicted molar refractivity (Wildman–Crippen MR) is 150 cm³/mol. The van der Waals surface area contributed by atoms with E-state index in [0.717, 1.165) is 21.7 Å². The number of carbonyl (C=O) groups is 3. The van der Waals surface area contributed by atoms with Crippen molar-refractivity contribution in [2.24, 2.45) is 0 Å². The second-order valence-corrected chi connectivity index (χ2v) is 10.5. The number of nitrogens with one attached hydrogen (secondary N) is 2. The van der Waals surface area contributed by atoms with Crippen molar-refractivity contribution in [3.63, 3.8) is 0 Å². The van der Waals surface area contributed by atoms with Gasteiger partial charge in [-0.25, -0.2) is 4.90 Å². The van der Waals surface area contributed by atoms with Crippen molar-refractivity contribution in [3.8, 4) is 0 Å². The van der Waals surface area contributed by atoms with Crippen molar-refractivity contribution in [3.05, 3.63) is 117 Å². The fraction of sp³-hybridized carbons (Fsp3) is 0.0690. The number of imide groups is 1. The third-order valence-electron chi connectivity index (χ3n) is 5.91. The number of thiophene rings is 1. The highest BCUT2D eigenvalue weighted by Crippen LogP contribution is 2.38. The number of nitrogens with zero attached hydrogens (tertiary/aromatic N) is 1. The van der Waals surface area contributed by atoms with Crippen LogP contribution < -0.4 is 15.5 Å². The van der Waals surface area contributed by atoms with Crippen LogP contribution in [-0.2, 0) is 9.59 Å². The molecular formula is C29H23N3O3S2. The van der Waals surface area contributed by atoms with E-state index < -0.39 is 5.91 Å². The van der Waals surface area contributed by atoms with Gasteiger partial charge >= 0.3 is 0 Å². The quantitative estimate of drug-likeness (QED) is 0.266. The molecule has 6 nitrogen and oxygen atoms in total. The Morgan fingerprint density at radius 1 is 0.811 bits per heavy atom. The molecule has 5 rings (SSSR count). The van der Waals surface area contributed by atoms with E-state index in [1.54, 1.807) is 42.5 Å². The standard InChI is InChI=1S/C29H23N3O3S2/c1-18-10-11-21(17-19(18)2)30-25-26(29(35)32(28(25)34)22-7-4-3-5-8-22)37-23-14-12-20(13-15-23)31-27(33)24-9-6-16-36-24/h3-17,30H,1-2H3,(H,31,33). The lowest BCUT2D eigenvalue weighted by Gasteiger charge is -2.15. The molecule has 0 bridgehead atoms. The molecule has 3 aromatic carbocycles. The number of aryl methyl sites for hydroxylation is 2. The van der Waals surface area contributed by atoms with Crippen LogP contribution in [0.2, 0.25) is 0 Å². The Bertz CT molecular complexity index is 1510. The van der Waals surface area contributed by atoms with Gasteiger partial charge in [-0.1, -0.05) is 42.1 Å². The summed E-state index contributed by atoms with van der Waals surface area (Å²) in [5, 5.41) is 7.92. The molecule has 0 atom stereocenters. The lowest BCUT2D eigenvalue weighted by atomic mass is 10.1. The van der Waals surface area contributed by atoms with E-state index in [4.69, 9.17) is 0 Å². The zero-order valence-electron chi connectivity index (χ0n) is 20.1. The lowest BCUT2D eigenvalue weighted by Crippen LogP contribution is -2.32. The minimum Gasteiger partial charge on any atom is -0.350 e. The fourth-order valence-electron chi connectivity index (χ4n) is 3.81. The highest BCUT2D eigenvalue weighted by molar-refractivity contribution is 8.04. The molecule has 0 saturated heterocycles. The van der Waals surface area contributed by atoms with Gasteiger partial charge in [0.2, 0.25) is 0 Å². The van der Waals surface area contributed by atoms with Gasteiger partial charge in [-0.2, -0.15) is 0 Å². The molecule has 37 heavy (non-hydrogen) atoms. The summed E-state index contributed by atoms with van der Waals surface area (Å²) in [6.07, 6.45) is 0. The Morgan fingerprint density at radius 2 is 1.54 bits per heavy atom. The van der Waals surface area contributed by atoms with Crippen LogP contribution in [0.4, 0.5) is 17.1 Å². The number of anilines is 3. The minimum absolute atomic E-state index is 0.173. The first-order chi connectivity index (χ1) is 17.9. The molecule has 0 aliphatic carbocycles. The summed E-state index contributed by atoms with van der Waals surface area (Å²) >= 11 is 2.59. The van der Waals surface area contributed by atoms with Crippen molar-refractivity contribution < 1.29 is 14.4 Å². The Hall–Kier alpha value is -4.14. The van der Waals surface area contributed by atoms with Crippen molar-refractivity contribution in [2.45, 2.75) is 18.7 Å². The van der Waals surface area contributed by atoms with Crippen LogP contribution in [-0.4, -0.2) is 17.7 Å². The molecule has 1 aliphatic rings. The summed E-state index contributed by atoms with van der Waals surface area (Å²) in [5.41, 5.74) is 4.34. The van der Waals surface area contributed by atoms with Gasteiger partial charge in [0.1, 0.15) is 10.6 Å². The maximum absolute atomic E-state index is 13.5. The molecule has 0 unspecified atom stereocenters. The highest BCUT2D eigenvalue weighted by atomic mass is 32.2. The molecule has 0 saturated carbocycles. The largest absolute Gasteiger partial charge is 0.350 e. The third-order valence-corrected chi connectivity index (χ3v) is 7.87. The molecular weight excluding hydrogens is 502 g/mol. The number of hydrogen-bond donors (Lipinski definition) is 2. The molecule has 4 aromatic rings. The summed E-state index contributed by atoms with van der Waals surface area (Å²) in [4.78, 5) is 42.2. The molecule has 1 aliphatic heterocycles. The van der Waals surface area contributed by atoms with Crippen molar-refractivity contribution in [2.75, 3.05) is 15.5 Å². The smallest absolute Gasteiger partial charge is 0.283 e. The van der Waals surface area contributed by atoms with Gasteiger partial charge in [0, 0.05) is 16.3 Å². The average molecular weight is 526 g/mol. The maximum Gasteiger partial charge on any atom is 0.283 e. The van der Waals surface area contributed by atoms with Gasteiger partial charge in [-0.05, 0) is 85.0 Å². The average Bonchev–Trinajstić information content (AvgIpc) is 3.52. The van der Waals surface area contributed by atoms with E-state index in [-0.39, 0.29) is 17.5 Å². The summed E-state index contributed by atoms with van der Waals surface area (Å²) in [6.45, 7) is 4.02. The first-order valence-electron chi connectivity index (χ1n) is 11.6. The number of rotatable bonds is 7. The molecule has 2 heterocycles. The Kier molecular flexibility index (Phi) is 6.94. The van der Waals surface area contributed by atoms with Gasteiger partial charge < -0.3 is 10.6 Å². The summed E-state index contributed by atoms with van der Waals surface area (Å²) in [6, 6.07) is 25.5. The molecule has 0 fully saturated rings. The van der Waals surface area contributed by atoms with Gasteiger partial charge in [0.15, 0.2) is 0 Å². The van der Waals surface area contributed by atoms with E-state index in [9.17, 15) is 14.4 Å². The van der Waals surface area contributed by atoms with Gasteiger partial charge in [-0.15, -0.1) is 11.3 Å². The SMILES string of the molecule is Cc1ccc(NC2=C(Sc3ccc(NC(=O)c4cccs4)cc3)C(=O)N(c3ccccc3)C2=O)cc1C. The predicted octanol–water partition coefficient (Wildman–Crippen LogP) is 6.61. The van der Waals surface area contributed by atoms with Crippen molar-refractivity contribution >= 4 is 57.9 Å². The number of benzene rings is 3.